The van der Waals surface area contributed by atoms with Gasteiger partial charge in [-0.25, -0.2) is 4.79 Å². The molecule has 10 heteroatoms. The maximum Gasteiger partial charge on any atom is 0.360 e. The number of nitro benzene ring substituents is 1. The zero-order chi connectivity index (χ0) is 22.1. The molecule has 0 aromatic heterocycles. The molecule has 0 saturated heterocycles. The Morgan fingerprint density at radius 3 is 2.33 bits per heavy atom. The lowest BCUT2D eigenvalue weighted by Gasteiger charge is -2.31. The van der Waals surface area contributed by atoms with Crippen LogP contribution in [0.4, 0.5) is 5.69 Å². The number of carbonyl (C=O) groups excluding carboxylic acids is 2. The summed E-state index contributed by atoms with van der Waals surface area (Å²) < 4.78 is 10.8. The molecule has 0 N–H and O–H groups in total. The minimum Gasteiger partial charge on any atom is -0.465 e. The van der Waals surface area contributed by atoms with E-state index in [0.29, 0.717) is 0 Å². The van der Waals surface area contributed by atoms with E-state index in [1.54, 1.807) is 12.1 Å². The molecule has 1 aliphatic rings. The first-order valence-electron chi connectivity index (χ1n) is 8.81. The number of hydrogen-bond donors (Lipinski definition) is 0. The lowest BCUT2D eigenvalue weighted by molar-refractivity contribution is -0.431. The molecule has 0 radical (unpaired) electrons. The van der Waals surface area contributed by atoms with E-state index in [4.69, 9.17) is 9.47 Å². The summed E-state index contributed by atoms with van der Waals surface area (Å²) in [4.78, 5) is 47.5. The number of rotatable bonds is 7. The highest BCUT2D eigenvalue weighted by Gasteiger charge is 2.64. The van der Waals surface area contributed by atoms with Gasteiger partial charge in [-0.2, -0.15) is 0 Å². The quantitative estimate of drug-likeness (QED) is 0.293. The molecule has 2 aromatic rings. The van der Waals surface area contributed by atoms with Gasteiger partial charge in [0.1, 0.15) is 11.7 Å². The summed E-state index contributed by atoms with van der Waals surface area (Å²) in [5.74, 6) is -3.45. The number of Topliss-reactive ketones (excluding diaryl/α,β-unsaturated/α-hetero) is 1. The van der Waals surface area contributed by atoms with E-state index in [2.05, 4.69) is 6.58 Å². The van der Waals surface area contributed by atoms with Crippen LogP contribution in [0.1, 0.15) is 28.8 Å². The van der Waals surface area contributed by atoms with Gasteiger partial charge in [0.25, 0.3) is 17.0 Å². The third-order valence-electron chi connectivity index (χ3n) is 4.73. The Hall–Kier alpha value is -4.08. The Kier molecular flexibility index (Phi) is 5.33. The Bertz CT molecular complexity index is 1060. The summed E-state index contributed by atoms with van der Waals surface area (Å²) >= 11 is 0. The number of hydrogen-bond acceptors (Lipinski definition) is 8. The van der Waals surface area contributed by atoms with Crippen molar-refractivity contribution in [2.24, 2.45) is 0 Å². The largest absolute Gasteiger partial charge is 0.465 e. The Morgan fingerprint density at radius 1 is 1.17 bits per heavy atom. The topological polar surface area (TPSA) is 139 Å². The molecule has 10 nitrogen and oxygen atoms in total. The smallest absolute Gasteiger partial charge is 0.360 e. The SMILES string of the molecule is C=C([C@H](c1ccc([N+](=O)[O-])cc1)[C@@]1(C(=O)OCC)Oc2ccccc2C1=O)[N+](=O)[O-]. The van der Waals surface area contributed by atoms with E-state index in [9.17, 15) is 29.8 Å². The summed E-state index contributed by atoms with van der Waals surface area (Å²) in [5, 5.41) is 22.6. The number of nitro groups is 2. The maximum absolute atomic E-state index is 13.4. The second kappa shape index (κ2) is 7.74. The summed E-state index contributed by atoms with van der Waals surface area (Å²) in [6, 6.07) is 10.7. The molecule has 0 unspecified atom stereocenters. The molecule has 0 spiro atoms. The number of esters is 1. The minimum absolute atomic E-state index is 0.0635. The van der Waals surface area contributed by atoms with E-state index in [1.165, 1.54) is 31.2 Å². The fourth-order valence-corrected chi connectivity index (χ4v) is 3.40. The molecule has 2 atom stereocenters. The molecule has 0 aliphatic carbocycles. The van der Waals surface area contributed by atoms with E-state index < -0.39 is 38.8 Å². The Labute approximate surface area is 170 Å². The van der Waals surface area contributed by atoms with E-state index in [1.807, 2.05) is 0 Å². The van der Waals surface area contributed by atoms with Crippen molar-refractivity contribution < 1.29 is 28.9 Å². The van der Waals surface area contributed by atoms with Crippen LogP contribution in [-0.2, 0) is 9.53 Å². The third kappa shape index (κ3) is 3.17. The number of fused-ring (bicyclic) bond motifs is 1. The molecule has 2 aromatic carbocycles. The Morgan fingerprint density at radius 2 is 1.80 bits per heavy atom. The van der Waals surface area contributed by atoms with E-state index in [-0.39, 0.29) is 29.2 Å². The fraction of sp³-hybridized carbons (Fsp3) is 0.200. The van der Waals surface area contributed by atoms with Crippen molar-refractivity contribution in [3.05, 3.63) is 92.2 Å². The Balaban J connectivity index is 2.25. The van der Waals surface area contributed by atoms with Gasteiger partial charge in [-0.3, -0.25) is 25.0 Å². The number of nitrogens with zero attached hydrogens (tertiary/aromatic N) is 2. The van der Waals surface area contributed by atoms with Gasteiger partial charge in [0.05, 0.1) is 22.0 Å². The van der Waals surface area contributed by atoms with Crippen LogP contribution in [0.2, 0.25) is 0 Å². The molecule has 0 fully saturated rings. The molecular weight excluding hydrogens is 396 g/mol. The summed E-state index contributed by atoms with van der Waals surface area (Å²) in [7, 11) is 0. The number of para-hydroxylation sites is 1. The molecule has 3 rings (SSSR count). The summed E-state index contributed by atoms with van der Waals surface area (Å²) in [5.41, 5.74) is -3.26. The van der Waals surface area contributed by atoms with Gasteiger partial charge in [0.2, 0.25) is 5.78 Å². The van der Waals surface area contributed by atoms with Gasteiger partial charge in [0.15, 0.2) is 0 Å². The first-order valence-corrected chi connectivity index (χ1v) is 8.81. The average Bonchev–Trinajstić information content (AvgIpc) is 3.02. The second-order valence-electron chi connectivity index (χ2n) is 6.41. The van der Waals surface area contributed by atoms with Crippen molar-refractivity contribution in [1.29, 1.82) is 0 Å². The van der Waals surface area contributed by atoms with Gasteiger partial charge in [-0.15, -0.1) is 0 Å². The highest BCUT2D eigenvalue weighted by molar-refractivity contribution is 6.20. The molecule has 1 heterocycles. The van der Waals surface area contributed by atoms with Gasteiger partial charge in [-0.05, 0) is 31.2 Å². The number of carbonyl (C=O) groups is 2. The lowest BCUT2D eigenvalue weighted by atomic mass is 9.76. The monoisotopic (exact) mass is 412 g/mol. The molecule has 0 saturated carbocycles. The van der Waals surface area contributed by atoms with Crippen LogP contribution >= 0.6 is 0 Å². The highest BCUT2D eigenvalue weighted by atomic mass is 16.6. The number of non-ortho nitro benzene ring substituents is 1. The predicted octanol–water partition coefficient (Wildman–Crippen LogP) is 3.05. The maximum atomic E-state index is 13.4. The zero-order valence-corrected chi connectivity index (χ0v) is 15.8. The molecule has 0 bridgehead atoms. The molecule has 30 heavy (non-hydrogen) atoms. The highest BCUT2D eigenvalue weighted by Crippen LogP contribution is 2.47. The molecule has 154 valence electrons. The van der Waals surface area contributed by atoms with Crippen LogP contribution in [-0.4, -0.2) is 33.8 Å². The van der Waals surface area contributed by atoms with Crippen molar-refractivity contribution in [2.45, 2.75) is 18.4 Å². The van der Waals surface area contributed by atoms with Gasteiger partial charge in [0, 0.05) is 12.1 Å². The van der Waals surface area contributed by atoms with Crippen molar-refractivity contribution >= 4 is 17.4 Å². The normalized spacial score (nSPS) is 18.1. The zero-order valence-electron chi connectivity index (χ0n) is 15.8. The summed E-state index contributed by atoms with van der Waals surface area (Å²) in [6.07, 6.45) is 0. The summed E-state index contributed by atoms with van der Waals surface area (Å²) in [6.45, 7) is 4.85. The first kappa shape index (κ1) is 20.6. The van der Waals surface area contributed by atoms with E-state index >= 15 is 0 Å². The molecule has 1 aliphatic heterocycles. The second-order valence-corrected chi connectivity index (χ2v) is 6.41. The predicted molar refractivity (Wildman–Crippen MR) is 103 cm³/mol. The van der Waals surface area contributed by atoms with Crippen LogP contribution in [0, 0.1) is 20.2 Å². The van der Waals surface area contributed by atoms with Gasteiger partial charge < -0.3 is 9.47 Å². The standard InChI is InChI=1S/C20H16N2O8/c1-3-29-19(24)20(18(23)15-6-4-5-7-16(15)30-20)17(12(2)21(25)26)13-8-10-14(11-9-13)22(27)28/h4-11,17H,2-3H2,1H3/t17-,20-/m1/s1. The third-order valence-corrected chi connectivity index (χ3v) is 4.73. The van der Waals surface area contributed by atoms with Crippen molar-refractivity contribution in [3.63, 3.8) is 0 Å². The van der Waals surface area contributed by atoms with Crippen LogP contribution < -0.4 is 4.74 Å². The van der Waals surface area contributed by atoms with Gasteiger partial charge >= 0.3 is 5.97 Å². The fourth-order valence-electron chi connectivity index (χ4n) is 3.40. The van der Waals surface area contributed by atoms with Crippen LogP contribution in [0.25, 0.3) is 0 Å². The van der Waals surface area contributed by atoms with Crippen molar-refractivity contribution in [2.75, 3.05) is 6.61 Å². The van der Waals surface area contributed by atoms with Gasteiger partial charge in [-0.1, -0.05) is 24.3 Å². The van der Waals surface area contributed by atoms with Crippen LogP contribution in [0.5, 0.6) is 5.75 Å². The molecular formula is C20H16N2O8. The van der Waals surface area contributed by atoms with E-state index in [0.717, 1.165) is 12.1 Å². The van der Waals surface area contributed by atoms with Crippen LogP contribution in [0.15, 0.2) is 60.8 Å². The number of ketones is 1. The molecule has 0 amide bonds. The number of benzene rings is 2. The lowest BCUT2D eigenvalue weighted by Crippen LogP contribution is -2.55. The minimum atomic E-state index is -2.43. The average molecular weight is 412 g/mol. The first-order chi connectivity index (χ1) is 14.2. The van der Waals surface area contributed by atoms with Crippen molar-refractivity contribution in [3.8, 4) is 5.75 Å². The number of ether oxygens (including phenoxy) is 2. The van der Waals surface area contributed by atoms with Crippen molar-refractivity contribution in [1.82, 2.24) is 0 Å². The van der Waals surface area contributed by atoms with Crippen LogP contribution in [0.3, 0.4) is 0 Å².